The molecule has 0 spiro atoms. The van der Waals surface area contributed by atoms with Gasteiger partial charge in [-0.3, -0.25) is 0 Å². The van der Waals surface area contributed by atoms with Crippen molar-refractivity contribution in [3.8, 4) is 11.3 Å². The molecule has 0 amide bonds. The Balaban J connectivity index is 2.51. The van der Waals surface area contributed by atoms with Crippen molar-refractivity contribution in [2.24, 2.45) is 0 Å². The SMILES string of the molecule is Cc1cc(-c2cnc(N)[nH]2)c(C)s1. The fourth-order valence-electron chi connectivity index (χ4n) is 1.37. The van der Waals surface area contributed by atoms with Crippen molar-refractivity contribution in [1.29, 1.82) is 0 Å². The van der Waals surface area contributed by atoms with Gasteiger partial charge in [-0.1, -0.05) is 0 Å². The van der Waals surface area contributed by atoms with Gasteiger partial charge < -0.3 is 10.7 Å². The molecule has 0 saturated carbocycles. The quantitative estimate of drug-likeness (QED) is 0.730. The molecule has 0 radical (unpaired) electrons. The van der Waals surface area contributed by atoms with Crippen LogP contribution in [0.25, 0.3) is 11.3 Å². The number of imidazole rings is 1. The second-order valence-electron chi connectivity index (χ2n) is 3.01. The molecule has 2 aromatic rings. The van der Waals surface area contributed by atoms with E-state index >= 15 is 0 Å². The second-order valence-corrected chi connectivity index (χ2v) is 4.47. The molecule has 2 rings (SSSR count). The Hall–Kier alpha value is -1.29. The molecule has 0 aliphatic rings. The summed E-state index contributed by atoms with van der Waals surface area (Å²) in [6, 6.07) is 2.15. The summed E-state index contributed by atoms with van der Waals surface area (Å²) in [7, 11) is 0. The summed E-state index contributed by atoms with van der Waals surface area (Å²) in [5.74, 6) is 0.471. The minimum atomic E-state index is 0.471. The van der Waals surface area contributed by atoms with Crippen molar-refractivity contribution >= 4 is 17.3 Å². The maximum Gasteiger partial charge on any atom is 0.197 e. The lowest BCUT2D eigenvalue weighted by atomic mass is 10.2. The lowest BCUT2D eigenvalue weighted by Gasteiger charge is -1.92. The number of aromatic amines is 1. The van der Waals surface area contributed by atoms with Crippen LogP contribution in [0.15, 0.2) is 12.3 Å². The molecule has 2 aromatic heterocycles. The summed E-state index contributed by atoms with van der Waals surface area (Å²) in [4.78, 5) is 9.59. The van der Waals surface area contributed by atoms with E-state index in [9.17, 15) is 0 Å². The van der Waals surface area contributed by atoms with Gasteiger partial charge in [-0.15, -0.1) is 11.3 Å². The van der Waals surface area contributed by atoms with Gasteiger partial charge in [0.15, 0.2) is 5.95 Å². The minimum Gasteiger partial charge on any atom is -0.369 e. The highest BCUT2D eigenvalue weighted by atomic mass is 32.1. The molecule has 13 heavy (non-hydrogen) atoms. The first kappa shape index (κ1) is 8.31. The van der Waals surface area contributed by atoms with Gasteiger partial charge in [0.2, 0.25) is 0 Å². The highest BCUT2D eigenvalue weighted by molar-refractivity contribution is 7.12. The van der Waals surface area contributed by atoms with E-state index in [-0.39, 0.29) is 0 Å². The minimum absolute atomic E-state index is 0.471. The average molecular weight is 193 g/mol. The number of anilines is 1. The Kier molecular flexibility index (Phi) is 1.84. The van der Waals surface area contributed by atoms with E-state index in [0.717, 1.165) is 5.69 Å². The number of hydrogen-bond donors (Lipinski definition) is 2. The van der Waals surface area contributed by atoms with Gasteiger partial charge in [0.25, 0.3) is 0 Å². The van der Waals surface area contributed by atoms with E-state index < -0.39 is 0 Å². The van der Waals surface area contributed by atoms with Gasteiger partial charge in [-0.25, -0.2) is 4.98 Å². The van der Waals surface area contributed by atoms with Crippen LogP contribution in [-0.4, -0.2) is 9.97 Å². The number of nitrogens with zero attached hydrogens (tertiary/aromatic N) is 1. The van der Waals surface area contributed by atoms with Gasteiger partial charge in [0.05, 0.1) is 11.9 Å². The molecule has 2 heterocycles. The van der Waals surface area contributed by atoms with E-state index in [0.29, 0.717) is 5.95 Å². The van der Waals surface area contributed by atoms with Crippen molar-refractivity contribution < 1.29 is 0 Å². The van der Waals surface area contributed by atoms with Crippen LogP contribution >= 0.6 is 11.3 Å². The third kappa shape index (κ3) is 1.45. The van der Waals surface area contributed by atoms with Gasteiger partial charge in [0, 0.05) is 15.3 Å². The van der Waals surface area contributed by atoms with E-state index in [2.05, 4.69) is 29.9 Å². The first-order valence-electron chi connectivity index (χ1n) is 4.04. The van der Waals surface area contributed by atoms with Crippen molar-refractivity contribution in [2.75, 3.05) is 5.73 Å². The molecule has 0 aliphatic heterocycles. The van der Waals surface area contributed by atoms with Crippen molar-refractivity contribution in [2.45, 2.75) is 13.8 Å². The summed E-state index contributed by atoms with van der Waals surface area (Å²) in [6.45, 7) is 4.20. The molecular formula is C9H11N3S. The van der Waals surface area contributed by atoms with Gasteiger partial charge in [-0.2, -0.15) is 0 Å². The topological polar surface area (TPSA) is 54.7 Å². The largest absolute Gasteiger partial charge is 0.369 e. The van der Waals surface area contributed by atoms with Crippen LogP contribution in [0, 0.1) is 13.8 Å². The lowest BCUT2D eigenvalue weighted by molar-refractivity contribution is 1.32. The molecule has 0 unspecified atom stereocenters. The van der Waals surface area contributed by atoms with Crippen LogP contribution in [0.5, 0.6) is 0 Å². The van der Waals surface area contributed by atoms with Crippen molar-refractivity contribution in [3.05, 3.63) is 22.0 Å². The van der Waals surface area contributed by atoms with Crippen LogP contribution in [0.2, 0.25) is 0 Å². The second kappa shape index (κ2) is 2.88. The molecule has 68 valence electrons. The molecule has 0 fully saturated rings. The smallest absolute Gasteiger partial charge is 0.197 e. The molecule has 0 aromatic carbocycles. The van der Waals surface area contributed by atoms with Crippen LogP contribution < -0.4 is 5.73 Å². The summed E-state index contributed by atoms with van der Waals surface area (Å²) in [6.07, 6.45) is 1.77. The molecule has 3 nitrogen and oxygen atoms in total. The highest BCUT2D eigenvalue weighted by Crippen LogP contribution is 2.29. The fraction of sp³-hybridized carbons (Fsp3) is 0.222. The van der Waals surface area contributed by atoms with Crippen molar-refractivity contribution in [3.63, 3.8) is 0 Å². The average Bonchev–Trinajstić information content (AvgIpc) is 2.58. The van der Waals surface area contributed by atoms with E-state index in [1.54, 1.807) is 17.5 Å². The van der Waals surface area contributed by atoms with E-state index in [4.69, 9.17) is 5.73 Å². The Morgan fingerprint density at radius 3 is 2.69 bits per heavy atom. The summed E-state index contributed by atoms with van der Waals surface area (Å²) in [5.41, 5.74) is 7.71. The zero-order chi connectivity index (χ0) is 9.42. The van der Waals surface area contributed by atoms with Crippen LogP contribution in [0.4, 0.5) is 5.95 Å². The van der Waals surface area contributed by atoms with Gasteiger partial charge in [-0.05, 0) is 19.9 Å². The number of nitrogens with two attached hydrogens (primary N) is 1. The Labute approximate surface area is 80.6 Å². The Morgan fingerprint density at radius 1 is 1.46 bits per heavy atom. The number of H-pyrrole nitrogens is 1. The third-order valence-corrected chi connectivity index (χ3v) is 2.89. The summed E-state index contributed by atoms with van der Waals surface area (Å²) < 4.78 is 0. The number of hydrogen-bond acceptors (Lipinski definition) is 3. The first-order chi connectivity index (χ1) is 6.16. The van der Waals surface area contributed by atoms with Gasteiger partial charge >= 0.3 is 0 Å². The molecule has 0 atom stereocenters. The normalized spacial score (nSPS) is 10.6. The number of nitrogen functional groups attached to an aromatic ring is 1. The predicted molar refractivity (Wildman–Crippen MR) is 55.8 cm³/mol. The van der Waals surface area contributed by atoms with Crippen LogP contribution in [0.1, 0.15) is 9.75 Å². The summed E-state index contributed by atoms with van der Waals surface area (Å²) >= 11 is 1.78. The summed E-state index contributed by atoms with van der Waals surface area (Å²) in [5, 5.41) is 0. The predicted octanol–water partition coefficient (Wildman–Crippen LogP) is 2.34. The molecule has 0 aliphatic carbocycles. The Bertz CT molecular complexity index is 428. The van der Waals surface area contributed by atoms with Crippen molar-refractivity contribution in [1.82, 2.24) is 9.97 Å². The number of thiophene rings is 1. The number of aromatic nitrogens is 2. The number of rotatable bonds is 1. The first-order valence-corrected chi connectivity index (χ1v) is 4.86. The monoisotopic (exact) mass is 193 g/mol. The highest BCUT2D eigenvalue weighted by Gasteiger charge is 2.07. The number of aryl methyl sites for hydroxylation is 2. The zero-order valence-corrected chi connectivity index (χ0v) is 8.40. The molecule has 0 saturated heterocycles. The maximum absolute atomic E-state index is 5.51. The molecular weight excluding hydrogens is 182 g/mol. The molecule has 4 heteroatoms. The molecule has 3 N–H and O–H groups in total. The van der Waals surface area contributed by atoms with Crippen LogP contribution in [-0.2, 0) is 0 Å². The van der Waals surface area contributed by atoms with E-state index in [1.807, 2.05) is 0 Å². The standard InChI is InChI=1S/C9H11N3S/c1-5-3-7(6(2)13-5)8-4-11-9(10)12-8/h3-4H,1-2H3,(H3,10,11,12). The van der Waals surface area contributed by atoms with Crippen LogP contribution in [0.3, 0.4) is 0 Å². The van der Waals surface area contributed by atoms with Gasteiger partial charge in [0.1, 0.15) is 0 Å². The lowest BCUT2D eigenvalue weighted by Crippen LogP contribution is -1.85. The number of nitrogens with one attached hydrogen (secondary N) is 1. The fourth-order valence-corrected chi connectivity index (χ4v) is 2.31. The Morgan fingerprint density at radius 2 is 2.23 bits per heavy atom. The molecule has 0 bridgehead atoms. The maximum atomic E-state index is 5.51. The van der Waals surface area contributed by atoms with E-state index in [1.165, 1.54) is 15.3 Å². The third-order valence-electron chi connectivity index (χ3n) is 1.93. The zero-order valence-electron chi connectivity index (χ0n) is 7.59.